The number of rotatable bonds is 9. The number of likely N-dealkylation sites (N-methyl/N-ethyl adjacent to an activating group) is 2. The van der Waals surface area contributed by atoms with Crippen molar-refractivity contribution in [2.45, 2.75) is 44.2 Å². The van der Waals surface area contributed by atoms with Crippen molar-refractivity contribution in [1.82, 2.24) is 9.21 Å². The number of amides is 1. The van der Waals surface area contributed by atoms with Gasteiger partial charge in [-0.15, -0.1) is 0 Å². The van der Waals surface area contributed by atoms with E-state index in [1.54, 1.807) is 6.92 Å². The molecule has 1 amide bonds. The Morgan fingerprint density at radius 2 is 1.78 bits per heavy atom. The van der Waals surface area contributed by atoms with E-state index in [-0.39, 0.29) is 28.7 Å². The van der Waals surface area contributed by atoms with E-state index in [1.165, 1.54) is 50.1 Å². The normalized spacial score (nSPS) is 18.8. The maximum absolute atomic E-state index is 12.7. The zero-order chi connectivity index (χ0) is 24.3. The summed E-state index contributed by atoms with van der Waals surface area (Å²) in [5.41, 5.74) is 0.355. The van der Waals surface area contributed by atoms with E-state index in [1.807, 2.05) is 0 Å². The summed E-state index contributed by atoms with van der Waals surface area (Å²) >= 11 is 0. The average molecular weight is 489 g/mol. The summed E-state index contributed by atoms with van der Waals surface area (Å²) in [7, 11) is -6.02. The molecule has 0 bridgehead atoms. The van der Waals surface area contributed by atoms with Crippen LogP contribution in [0.3, 0.4) is 0 Å². The summed E-state index contributed by atoms with van der Waals surface area (Å²) in [4.78, 5) is 37.6. The first kappa shape index (κ1) is 25.9. The molecule has 0 spiro atoms. The molecule has 0 aliphatic carbocycles. The van der Waals surface area contributed by atoms with E-state index >= 15 is 0 Å². The van der Waals surface area contributed by atoms with Crippen LogP contribution in [0.5, 0.6) is 0 Å². The van der Waals surface area contributed by atoms with Crippen molar-refractivity contribution in [3.8, 4) is 0 Å². The Kier molecular flexibility index (Phi) is 8.18. The lowest BCUT2D eigenvalue weighted by molar-refractivity contribution is -0.159. The molecule has 1 heterocycles. The number of carbonyl (C=O) groups excluding carboxylic acids is 3. The number of Topliss-reactive ketones (excluding diaryl/α,β-unsaturated/α-hetero) is 1. The summed E-state index contributed by atoms with van der Waals surface area (Å²) in [6.07, 6.45) is -0.872. The van der Waals surface area contributed by atoms with Crippen LogP contribution in [-0.4, -0.2) is 87.5 Å². The highest BCUT2D eigenvalue weighted by atomic mass is 32.2. The summed E-state index contributed by atoms with van der Waals surface area (Å²) in [6, 6.07) is 4.83. The van der Waals surface area contributed by atoms with Crippen LogP contribution in [0.15, 0.2) is 29.2 Å². The van der Waals surface area contributed by atoms with Gasteiger partial charge in [0.05, 0.1) is 16.4 Å². The molecule has 1 aromatic rings. The summed E-state index contributed by atoms with van der Waals surface area (Å²) < 4.78 is 54.7. The van der Waals surface area contributed by atoms with Crippen LogP contribution in [0.2, 0.25) is 0 Å². The summed E-state index contributed by atoms with van der Waals surface area (Å²) in [6.45, 7) is 4.06. The lowest BCUT2D eigenvalue weighted by Crippen LogP contribution is -2.47. The van der Waals surface area contributed by atoms with Gasteiger partial charge in [-0.2, -0.15) is 4.31 Å². The van der Waals surface area contributed by atoms with Gasteiger partial charge in [0.25, 0.3) is 5.91 Å². The Labute approximate surface area is 188 Å². The number of sulfonamides is 1. The van der Waals surface area contributed by atoms with Crippen molar-refractivity contribution in [1.29, 1.82) is 0 Å². The average Bonchev–Trinajstić information content (AvgIpc) is 3.07. The molecule has 0 saturated carbocycles. The Balaban J connectivity index is 2.00. The maximum atomic E-state index is 12.7. The van der Waals surface area contributed by atoms with E-state index in [9.17, 15) is 31.2 Å². The second kappa shape index (κ2) is 10.1. The van der Waals surface area contributed by atoms with E-state index in [0.717, 1.165) is 4.31 Å². The van der Waals surface area contributed by atoms with E-state index in [0.29, 0.717) is 12.0 Å². The van der Waals surface area contributed by atoms with Crippen molar-refractivity contribution in [3.63, 3.8) is 0 Å². The van der Waals surface area contributed by atoms with Gasteiger partial charge in [-0.05, 0) is 39.3 Å². The number of hydrogen-bond acceptors (Lipinski definition) is 8. The largest absolute Gasteiger partial charge is 0.452 e. The number of carbonyl (C=O) groups is 3. The second-order valence-electron chi connectivity index (χ2n) is 7.65. The quantitative estimate of drug-likeness (QED) is 0.362. The van der Waals surface area contributed by atoms with Crippen molar-refractivity contribution in [2.75, 3.05) is 31.6 Å². The molecule has 32 heavy (non-hydrogen) atoms. The molecule has 10 nitrogen and oxygen atoms in total. The third-order valence-corrected chi connectivity index (χ3v) is 8.82. The fourth-order valence-corrected chi connectivity index (χ4v) is 6.29. The van der Waals surface area contributed by atoms with Crippen molar-refractivity contribution >= 4 is 37.5 Å². The first-order valence-electron chi connectivity index (χ1n) is 10.1. The van der Waals surface area contributed by atoms with Gasteiger partial charge < -0.3 is 9.64 Å². The number of esters is 1. The van der Waals surface area contributed by atoms with Gasteiger partial charge in [0.1, 0.15) is 6.54 Å². The predicted molar refractivity (Wildman–Crippen MR) is 116 cm³/mol. The van der Waals surface area contributed by atoms with Crippen LogP contribution in [0.25, 0.3) is 0 Å². The molecule has 178 valence electrons. The standard InChI is InChI=1S/C20H28N2O8S2/c1-5-22(17-10-11-31(26,27)13-17)20(25)15(3)30-19(24)12-21(4)32(28,29)18-8-6-16(7-9-18)14(2)23/h6-9,15,17H,5,10-13H2,1-4H3. The number of hydrogen-bond donors (Lipinski definition) is 0. The molecule has 2 unspecified atom stereocenters. The molecule has 2 atom stereocenters. The highest BCUT2D eigenvalue weighted by molar-refractivity contribution is 7.91. The van der Waals surface area contributed by atoms with Crippen LogP contribution in [0, 0.1) is 0 Å². The van der Waals surface area contributed by atoms with Gasteiger partial charge >= 0.3 is 5.97 Å². The van der Waals surface area contributed by atoms with Crippen LogP contribution >= 0.6 is 0 Å². The number of sulfone groups is 1. The fourth-order valence-electron chi connectivity index (χ4n) is 3.44. The van der Waals surface area contributed by atoms with Gasteiger partial charge in [0.2, 0.25) is 10.0 Å². The Morgan fingerprint density at radius 3 is 2.25 bits per heavy atom. The van der Waals surface area contributed by atoms with Gasteiger partial charge in [-0.25, -0.2) is 16.8 Å². The van der Waals surface area contributed by atoms with E-state index < -0.39 is 50.4 Å². The molecule has 2 rings (SSSR count). The van der Waals surface area contributed by atoms with Gasteiger partial charge in [-0.1, -0.05) is 12.1 Å². The Hall–Kier alpha value is -2.31. The van der Waals surface area contributed by atoms with Gasteiger partial charge in [-0.3, -0.25) is 14.4 Å². The molecule has 1 fully saturated rings. The van der Waals surface area contributed by atoms with Crippen LogP contribution in [0.4, 0.5) is 0 Å². The molecule has 1 aliphatic rings. The maximum Gasteiger partial charge on any atom is 0.322 e. The van der Waals surface area contributed by atoms with Gasteiger partial charge in [0, 0.05) is 25.2 Å². The molecule has 12 heteroatoms. The first-order valence-corrected chi connectivity index (χ1v) is 13.3. The topological polar surface area (TPSA) is 135 Å². The summed E-state index contributed by atoms with van der Waals surface area (Å²) in [5, 5.41) is 0. The lowest BCUT2D eigenvalue weighted by atomic mass is 10.2. The fraction of sp³-hybridized carbons (Fsp3) is 0.550. The molecular formula is C20H28N2O8S2. The monoisotopic (exact) mass is 488 g/mol. The molecule has 0 N–H and O–H groups in total. The zero-order valence-electron chi connectivity index (χ0n) is 18.5. The number of benzene rings is 1. The molecule has 1 aromatic carbocycles. The lowest BCUT2D eigenvalue weighted by Gasteiger charge is -2.29. The molecule has 0 radical (unpaired) electrons. The minimum atomic E-state index is -4.02. The number of ether oxygens (including phenoxy) is 1. The predicted octanol–water partition coefficient (Wildman–Crippen LogP) is 0.477. The molecule has 1 aliphatic heterocycles. The summed E-state index contributed by atoms with van der Waals surface area (Å²) in [5.74, 6) is -1.79. The van der Waals surface area contributed by atoms with Crippen molar-refractivity contribution < 1.29 is 36.0 Å². The minimum Gasteiger partial charge on any atom is -0.452 e. The van der Waals surface area contributed by atoms with E-state index in [2.05, 4.69) is 0 Å². The molecule has 1 saturated heterocycles. The first-order chi connectivity index (χ1) is 14.8. The van der Waals surface area contributed by atoms with Gasteiger partial charge in [0.15, 0.2) is 21.7 Å². The third kappa shape index (κ3) is 6.14. The van der Waals surface area contributed by atoms with Crippen LogP contribution in [-0.2, 0) is 34.2 Å². The third-order valence-electron chi connectivity index (χ3n) is 5.25. The van der Waals surface area contributed by atoms with Crippen LogP contribution in [0.1, 0.15) is 37.6 Å². The van der Waals surface area contributed by atoms with Crippen molar-refractivity contribution in [2.24, 2.45) is 0 Å². The van der Waals surface area contributed by atoms with E-state index in [4.69, 9.17) is 4.74 Å². The Morgan fingerprint density at radius 1 is 1.19 bits per heavy atom. The minimum absolute atomic E-state index is 0.00562. The van der Waals surface area contributed by atoms with Crippen LogP contribution < -0.4 is 0 Å². The molecule has 0 aromatic heterocycles. The zero-order valence-corrected chi connectivity index (χ0v) is 20.1. The second-order valence-corrected chi connectivity index (χ2v) is 11.9. The SMILES string of the molecule is CCN(C(=O)C(C)OC(=O)CN(C)S(=O)(=O)c1ccc(C(C)=O)cc1)C1CCS(=O)(=O)C1. The number of nitrogens with zero attached hydrogens (tertiary/aromatic N) is 2. The highest BCUT2D eigenvalue weighted by Gasteiger charge is 2.36. The Bertz CT molecular complexity index is 1080. The number of ketones is 1. The molecular weight excluding hydrogens is 460 g/mol. The highest BCUT2D eigenvalue weighted by Crippen LogP contribution is 2.19. The van der Waals surface area contributed by atoms with Crippen molar-refractivity contribution in [3.05, 3.63) is 29.8 Å². The smallest absolute Gasteiger partial charge is 0.322 e.